The molecule has 1 heterocycles. The molecule has 3 nitrogen and oxygen atoms in total. The fourth-order valence-electron chi connectivity index (χ4n) is 2.70. The predicted molar refractivity (Wildman–Crippen MR) is 101 cm³/mol. The van der Waals surface area contributed by atoms with E-state index in [9.17, 15) is 4.79 Å². The van der Waals surface area contributed by atoms with E-state index in [1.165, 1.54) is 16.7 Å². The fraction of sp³-hybridized carbons (Fsp3) is 0.350. The number of likely N-dealkylation sites (N-methyl/N-ethyl adjacent to an activating group) is 1. The van der Waals surface area contributed by atoms with Gasteiger partial charge in [-0.25, -0.2) is 0 Å². The van der Waals surface area contributed by atoms with Crippen molar-refractivity contribution >= 4 is 17.5 Å². The maximum absolute atomic E-state index is 11.1. The van der Waals surface area contributed by atoms with Gasteiger partial charge in [0, 0.05) is 30.7 Å². The van der Waals surface area contributed by atoms with Gasteiger partial charge in [-0.3, -0.25) is 4.79 Å². The summed E-state index contributed by atoms with van der Waals surface area (Å²) < 4.78 is 0. The first-order valence-electron chi connectivity index (χ1n) is 8.30. The van der Waals surface area contributed by atoms with Gasteiger partial charge >= 0.3 is 0 Å². The van der Waals surface area contributed by atoms with Gasteiger partial charge in [0.15, 0.2) is 0 Å². The second kappa shape index (κ2) is 8.86. The molecule has 3 rings (SSSR count). The van der Waals surface area contributed by atoms with E-state index in [1.54, 1.807) is 7.05 Å². The number of fused-ring (bicyclic) bond motifs is 1. The molecule has 128 valence electrons. The SMILES string of the molecule is CCc1ccc(C(=O)NC)cc1.CN1CCc2cc(Cl)ccc2C1. The highest BCUT2D eigenvalue weighted by molar-refractivity contribution is 6.30. The van der Waals surface area contributed by atoms with Gasteiger partial charge < -0.3 is 10.2 Å². The van der Waals surface area contributed by atoms with E-state index in [0.717, 1.165) is 36.5 Å². The number of carbonyl (C=O) groups excluding carboxylic acids is 1. The number of nitrogens with one attached hydrogen (secondary N) is 1. The average Bonchev–Trinajstić information content (AvgIpc) is 2.62. The van der Waals surface area contributed by atoms with Crippen LogP contribution in [-0.4, -0.2) is 31.4 Å². The lowest BCUT2D eigenvalue weighted by Crippen LogP contribution is -2.26. The molecular formula is C20H25ClN2O. The number of hydrogen-bond acceptors (Lipinski definition) is 2. The molecule has 2 aromatic carbocycles. The first-order valence-corrected chi connectivity index (χ1v) is 8.68. The van der Waals surface area contributed by atoms with Gasteiger partial charge in [-0.1, -0.05) is 36.7 Å². The normalized spacial score (nSPS) is 13.5. The van der Waals surface area contributed by atoms with Crippen LogP contribution in [0.2, 0.25) is 5.02 Å². The standard InChI is InChI=1S/C10H12ClN.C10H13NO/c1-12-5-4-8-6-10(11)3-2-9(8)7-12;1-3-8-4-6-9(7-5-8)10(12)11-2/h2-3,6H,4-5,7H2,1H3;4-7H,3H2,1-2H3,(H,11,12). The van der Waals surface area contributed by atoms with Crippen LogP contribution in [0.4, 0.5) is 0 Å². The molecule has 4 heteroatoms. The smallest absolute Gasteiger partial charge is 0.251 e. The number of benzene rings is 2. The maximum Gasteiger partial charge on any atom is 0.251 e. The largest absolute Gasteiger partial charge is 0.355 e. The first kappa shape index (κ1) is 18.5. The third-order valence-corrected chi connectivity index (χ3v) is 4.46. The minimum Gasteiger partial charge on any atom is -0.355 e. The maximum atomic E-state index is 11.1. The molecular weight excluding hydrogens is 320 g/mol. The number of aryl methyl sites for hydroxylation is 1. The summed E-state index contributed by atoms with van der Waals surface area (Å²) in [6, 6.07) is 13.8. The van der Waals surface area contributed by atoms with Crippen LogP contribution in [0.25, 0.3) is 0 Å². The van der Waals surface area contributed by atoms with Crippen LogP contribution in [0, 0.1) is 0 Å². The molecule has 0 unspecified atom stereocenters. The molecule has 0 bridgehead atoms. The number of carbonyl (C=O) groups is 1. The average molecular weight is 345 g/mol. The Kier molecular flexibility index (Phi) is 6.83. The summed E-state index contributed by atoms with van der Waals surface area (Å²) in [6.45, 7) is 4.30. The van der Waals surface area contributed by atoms with Crippen LogP contribution < -0.4 is 5.32 Å². The summed E-state index contributed by atoms with van der Waals surface area (Å²) in [5.41, 5.74) is 4.81. The van der Waals surface area contributed by atoms with Crippen molar-refractivity contribution in [3.63, 3.8) is 0 Å². The monoisotopic (exact) mass is 344 g/mol. The van der Waals surface area contributed by atoms with Gasteiger partial charge in [0.25, 0.3) is 5.91 Å². The van der Waals surface area contributed by atoms with Crippen molar-refractivity contribution in [1.82, 2.24) is 10.2 Å². The van der Waals surface area contributed by atoms with E-state index in [-0.39, 0.29) is 5.91 Å². The second-order valence-corrected chi connectivity index (χ2v) is 6.47. The zero-order valence-corrected chi connectivity index (χ0v) is 15.4. The molecule has 0 saturated carbocycles. The van der Waals surface area contributed by atoms with Crippen LogP contribution in [-0.2, 0) is 19.4 Å². The number of halogens is 1. The number of rotatable bonds is 2. The Labute approximate surface area is 149 Å². The lowest BCUT2D eigenvalue weighted by Gasteiger charge is -2.24. The van der Waals surface area contributed by atoms with Crippen molar-refractivity contribution in [2.75, 3.05) is 20.6 Å². The van der Waals surface area contributed by atoms with Crippen molar-refractivity contribution in [1.29, 1.82) is 0 Å². The highest BCUT2D eigenvalue weighted by Crippen LogP contribution is 2.21. The van der Waals surface area contributed by atoms with Crippen LogP contribution in [0.15, 0.2) is 42.5 Å². The summed E-state index contributed by atoms with van der Waals surface area (Å²) >= 11 is 5.90. The zero-order valence-electron chi connectivity index (χ0n) is 14.6. The molecule has 1 amide bonds. The van der Waals surface area contributed by atoms with Crippen molar-refractivity contribution in [2.45, 2.75) is 26.3 Å². The highest BCUT2D eigenvalue weighted by atomic mass is 35.5. The van der Waals surface area contributed by atoms with Gasteiger partial charge in [0.2, 0.25) is 0 Å². The molecule has 0 fully saturated rings. The predicted octanol–water partition coefficient (Wildman–Crippen LogP) is 3.94. The Bertz CT molecular complexity index is 683. The van der Waals surface area contributed by atoms with Gasteiger partial charge in [-0.15, -0.1) is 0 Å². The first-order chi connectivity index (χ1) is 11.5. The number of nitrogens with zero attached hydrogens (tertiary/aromatic N) is 1. The second-order valence-electron chi connectivity index (χ2n) is 6.03. The summed E-state index contributed by atoms with van der Waals surface area (Å²) in [7, 11) is 3.79. The van der Waals surface area contributed by atoms with E-state index in [1.807, 2.05) is 30.3 Å². The zero-order chi connectivity index (χ0) is 17.5. The minimum absolute atomic E-state index is 0.0300. The topological polar surface area (TPSA) is 32.3 Å². The Balaban J connectivity index is 0.000000174. The van der Waals surface area contributed by atoms with Crippen molar-refractivity contribution in [3.8, 4) is 0 Å². The molecule has 0 saturated heterocycles. The summed E-state index contributed by atoms with van der Waals surface area (Å²) in [4.78, 5) is 13.4. The fourth-order valence-corrected chi connectivity index (χ4v) is 2.89. The third kappa shape index (κ3) is 5.08. The Hall–Kier alpha value is -1.84. The van der Waals surface area contributed by atoms with Gasteiger partial charge in [0.1, 0.15) is 0 Å². The van der Waals surface area contributed by atoms with E-state index in [2.05, 4.69) is 36.3 Å². The Morgan fingerprint density at radius 1 is 1.17 bits per heavy atom. The van der Waals surface area contributed by atoms with Gasteiger partial charge in [-0.2, -0.15) is 0 Å². The molecule has 0 spiro atoms. The van der Waals surface area contributed by atoms with Crippen LogP contribution in [0.1, 0.15) is 34.0 Å². The van der Waals surface area contributed by atoms with Crippen LogP contribution in [0.5, 0.6) is 0 Å². The summed E-state index contributed by atoms with van der Waals surface area (Å²) in [6.07, 6.45) is 2.14. The highest BCUT2D eigenvalue weighted by Gasteiger charge is 2.12. The number of hydrogen-bond donors (Lipinski definition) is 1. The van der Waals surface area contributed by atoms with Crippen LogP contribution in [0.3, 0.4) is 0 Å². The van der Waals surface area contributed by atoms with Gasteiger partial charge in [-0.05, 0) is 60.8 Å². The van der Waals surface area contributed by atoms with E-state index < -0.39 is 0 Å². The summed E-state index contributed by atoms with van der Waals surface area (Å²) in [5, 5.41) is 3.44. The van der Waals surface area contributed by atoms with Crippen molar-refractivity contribution < 1.29 is 4.79 Å². The third-order valence-electron chi connectivity index (χ3n) is 4.22. The van der Waals surface area contributed by atoms with Gasteiger partial charge in [0.05, 0.1) is 0 Å². The molecule has 0 atom stereocenters. The molecule has 0 aromatic heterocycles. The molecule has 1 aliphatic rings. The molecule has 1 aliphatic heterocycles. The van der Waals surface area contributed by atoms with Crippen molar-refractivity contribution in [3.05, 3.63) is 69.7 Å². The van der Waals surface area contributed by atoms with E-state index in [4.69, 9.17) is 11.6 Å². The minimum atomic E-state index is -0.0300. The lowest BCUT2D eigenvalue weighted by atomic mass is 10.0. The molecule has 2 aromatic rings. The van der Waals surface area contributed by atoms with Crippen LogP contribution >= 0.6 is 11.6 Å². The van der Waals surface area contributed by atoms with Crippen molar-refractivity contribution in [2.24, 2.45) is 0 Å². The van der Waals surface area contributed by atoms with E-state index in [0.29, 0.717) is 0 Å². The van der Waals surface area contributed by atoms with E-state index >= 15 is 0 Å². The molecule has 1 N–H and O–H groups in total. The molecule has 0 aliphatic carbocycles. The Morgan fingerprint density at radius 2 is 1.88 bits per heavy atom. The number of amides is 1. The Morgan fingerprint density at radius 3 is 2.50 bits per heavy atom. The quantitative estimate of drug-likeness (QED) is 0.895. The molecule has 0 radical (unpaired) electrons. The molecule has 24 heavy (non-hydrogen) atoms. The lowest BCUT2D eigenvalue weighted by molar-refractivity contribution is 0.0963. The summed E-state index contributed by atoms with van der Waals surface area (Å²) in [5.74, 6) is -0.0300.